The fourth-order valence-corrected chi connectivity index (χ4v) is 2.65. The van der Waals surface area contributed by atoms with Crippen LogP contribution in [0, 0.1) is 0 Å². The maximum atomic E-state index is 5.94. The lowest BCUT2D eigenvalue weighted by molar-refractivity contribution is 0.394. The van der Waals surface area contributed by atoms with Crippen LogP contribution in [0.2, 0.25) is 5.02 Å². The van der Waals surface area contributed by atoms with E-state index in [1.807, 2.05) is 54.6 Å². The lowest BCUT2D eigenvalue weighted by atomic mass is 10.1. The molecule has 25 heavy (non-hydrogen) atoms. The fourth-order valence-electron chi connectivity index (χ4n) is 2.52. The van der Waals surface area contributed by atoms with E-state index in [4.69, 9.17) is 21.1 Å². The SMILES string of the molecule is COc1cc(OC)cc(-c2ncccc2NCc2ccc(Cl)cc2)c1. The number of nitrogens with zero attached hydrogens (tertiary/aromatic N) is 1. The highest BCUT2D eigenvalue weighted by Crippen LogP contribution is 2.32. The van der Waals surface area contributed by atoms with E-state index in [0.717, 1.165) is 39.0 Å². The number of methoxy groups -OCH3 is 2. The Balaban J connectivity index is 1.89. The number of nitrogens with one attached hydrogen (secondary N) is 1. The van der Waals surface area contributed by atoms with Crippen LogP contribution in [0.25, 0.3) is 11.3 Å². The Hall–Kier alpha value is -2.72. The Morgan fingerprint density at radius 3 is 2.28 bits per heavy atom. The van der Waals surface area contributed by atoms with Crippen LogP contribution in [0.15, 0.2) is 60.8 Å². The fraction of sp³-hybridized carbons (Fsp3) is 0.150. The van der Waals surface area contributed by atoms with Gasteiger partial charge in [-0.3, -0.25) is 4.98 Å². The average molecular weight is 355 g/mol. The van der Waals surface area contributed by atoms with Crippen LogP contribution in [0.1, 0.15) is 5.56 Å². The minimum atomic E-state index is 0.678. The highest BCUT2D eigenvalue weighted by Gasteiger charge is 2.10. The molecule has 128 valence electrons. The summed E-state index contributed by atoms with van der Waals surface area (Å²) in [6.45, 7) is 0.678. The number of anilines is 1. The van der Waals surface area contributed by atoms with Crippen LogP contribution >= 0.6 is 11.6 Å². The molecule has 0 aliphatic rings. The third kappa shape index (κ3) is 4.22. The van der Waals surface area contributed by atoms with Crippen LogP contribution in [-0.4, -0.2) is 19.2 Å². The number of ether oxygens (including phenoxy) is 2. The van der Waals surface area contributed by atoms with Gasteiger partial charge in [0.25, 0.3) is 0 Å². The molecule has 0 radical (unpaired) electrons. The maximum Gasteiger partial charge on any atom is 0.123 e. The van der Waals surface area contributed by atoms with Gasteiger partial charge in [0.05, 0.1) is 25.6 Å². The Bertz CT molecular complexity index is 828. The highest BCUT2D eigenvalue weighted by atomic mass is 35.5. The summed E-state index contributed by atoms with van der Waals surface area (Å²) < 4.78 is 10.7. The predicted molar refractivity (Wildman–Crippen MR) is 102 cm³/mol. The van der Waals surface area contributed by atoms with E-state index in [1.165, 1.54) is 0 Å². The first-order valence-corrected chi connectivity index (χ1v) is 8.24. The minimum absolute atomic E-state index is 0.678. The van der Waals surface area contributed by atoms with Gasteiger partial charge >= 0.3 is 0 Å². The lowest BCUT2D eigenvalue weighted by Gasteiger charge is -2.13. The van der Waals surface area contributed by atoms with E-state index < -0.39 is 0 Å². The molecule has 0 aliphatic carbocycles. The summed E-state index contributed by atoms with van der Waals surface area (Å²) in [6.07, 6.45) is 1.77. The van der Waals surface area contributed by atoms with Gasteiger partial charge in [-0.05, 0) is 42.0 Å². The summed E-state index contributed by atoms with van der Waals surface area (Å²) in [6, 6.07) is 17.4. The monoisotopic (exact) mass is 354 g/mol. The number of rotatable bonds is 6. The number of hydrogen-bond acceptors (Lipinski definition) is 4. The molecule has 0 amide bonds. The molecule has 3 rings (SSSR count). The van der Waals surface area contributed by atoms with Crippen molar-refractivity contribution in [1.82, 2.24) is 4.98 Å². The second-order valence-corrected chi connectivity index (χ2v) is 5.92. The van der Waals surface area contributed by atoms with Gasteiger partial charge in [-0.2, -0.15) is 0 Å². The van der Waals surface area contributed by atoms with E-state index >= 15 is 0 Å². The second kappa shape index (κ2) is 7.90. The Morgan fingerprint density at radius 1 is 0.960 bits per heavy atom. The summed E-state index contributed by atoms with van der Waals surface area (Å²) in [4.78, 5) is 4.53. The quantitative estimate of drug-likeness (QED) is 0.674. The second-order valence-electron chi connectivity index (χ2n) is 5.48. The van der Waals surface area contributed by atoms with Gasteiger partial charge in [-0.25, -0.2) is 0 Å². The van der Waals surface area contributed by atoms with Crippen molar-refractivity contribution >= 4 is 17.3 Å². The molecule has 0 atom stereocenters. The van der Waals surface area contributed by atoms with Crippen molar-refractivity contribution < 1.29 is 9.47 Å². The summed E-state index contributed by atoms with van der Waals surface area (Å²) in [5.41, 5.74) is 3.85. The van der Waals surface area contributed by atoms with Crippen LogP contribution in [0.5, 0.6) is 11.5 Å². The van der Waals surface area contributed by atoms with E-state index in [9.17, 15) is 0 Å². The third-order valence-corrected chi connectivity index (χ3v) is 4.08. The summed E-state index contributed by atoms with van der Waals surface area (Å²) >= 11 is 5.94. The average Bonchev–Trinajstić information content (AvgIpc) is 2.67. The zero-order chi connectivity index (χ0) is 17.6. The first-order chi connectivity index (χ1) is 12.2. The lowest BCUT2D eigenvalue weighted by Crippen LogP contribution is -2.02. The third-order valence-electron chi connectivity index (χ3n) is 3.83. The summed E-state index contributed by atoms with van der Waals surface area (Å²) in [7, 11) is 3.27. The van der Waals surface area contributed by atoms with Crippen molar-refractivity contribution in [2.75, 3.05) is 19.5 Å². The van der Waals surface area contributed by atoms with E-state index in [1.54, 1.807) is 20.4 Å². The van der Waals surface area contributed by atoms with Gasteiger partial charge in [0.1, 0.15) is 11.5 Å². The summed E-state index contributed by atoms with van der Waals surface area (Å²) in [5, 5.41) is 4.17. The molecule has 1 aromatic heterocycles. The molecule has 0 aliphatic heterocycles. The molecular formula is C20H19ClN2O2. The predicted octanol–water partition coefficient (Wildman–Crippen LogP) is 5.03. The Labute approximate surface area is 152 Å². The maximum absolute atomic E-state index is 5.94. The van der Waals surface area contributed by atoms with Crippen molar-refractivity contribution in [3.8, 4) is 22.8 Å². The summed E-state index contributed by atoms with van der Waals surface area (Å²) in [5.74, 6) is 1.45. The molecule has 3 aromatic rings. The van der Waals surface area contributed by atoms with Crippen LogP contribution < -0.4 is 14.8 Å². The molecule has 4 nitrogen and oxygen atoms in total. The molecule has 1 N–H and O–H groups in total. The van der Waals surface area contributed by atoms with Crippen molar-refractivity contribution in [3.05, 3.63) is 71.4 Å². The molecular weight excluding hydrogens is 336 g/mol. The van der Waals surface area contributed by atoms with Crippen LogP contribution in [0.4, 0.5) is 5.69 Å². The van der Waals surface area contributed by atoms with Gasteiger partial charge in [0.2, 0.25) is 0 Å². The van der Waals surface area contributed by atoms with E-state index in [-0.39, 0.29) is 0 Å². The van der Waals surface area contributed by atoms with Gasteiger partial charge in [0, 0.05) is 29.4 Å². The normalized spacial score (nSPS) is 10.4. The van der Waals surface area contributed by atoms with Gasteiger partial charge in [-0.15, -0.1) is 0 Å². The first kappa shape index (κ1) is 17.1. The zero-order valence-electron chi connectivity index (χ0n) is 14.1. The van der Waals surface area contributed by atoms with Crippen LogP contribution in [-0.2, 0) is 6.54 Å². The largest absolute Gasteiger partial charge is 0.497 e. The number of pyridine rings is 1. The van der Waals surface area contributed by atoms with Crippen molar-refractivity contribution in [2.24, 2.45) is 0 Å². The molecule has 5 heteroatoms. The zero-order valence-corrected chi connectivity index (χ0v) is 14.9. The number of benzene rings is 2. The Morgan fingerprint density at radius 2 is 1.64 bits per heavy atom. The molecule has 0 spiro atoms. The van der Waals surface area contributed by atoms with Crippen molar-refractivity contribution in [2.45, 2.75) is 6.54 Å². The first-order valence-electron chi connectivity index (χ1n) is 7.86. The Kier molecular flexibility index (Phi) is 5.41. The molecule has 1 heterocycles. The van der Waals surface area contributed by atoms with Gasteiger partial charge < -0.3 is 14.8 Å². The standard InChI is InChI=1S/C20H19ClN2O2/c1-24-17-10-15(11-18(12-17)25-2)20-19(4-3-9-22-20)23-13-14-5-7-16(21)8-6-14/h3-12,23H,13H2,1-2H3. The van der Waals surface area contributed by atoms with E-state index in [0.29, 0.717) is 6.54 Å². The molecule has 0 saturated carbocycles. The molecule has 0 unspecified atom stereocenters. The molecule has 0 saturated heterocycles. The van der Waals surface area contributed by atoms with Crippen molar-refractivity contribution in [3.63, 3.8) is 0 Å². The minimum Gasteiger partial charge on any atom is -0.497 e. The van der Waals surface area contributed by atoms with Crippen LogP contribution in [0.3, 0.4) is 0 Å². The topological polar surface area (TPSA) is 43.4 Å². The molecule has 2 aromatic carbocycles. The molecule has 0 bridgehead atoms. The number of hydrogen-bond donors (Lipinski definition) is 1. The van der Waals surface area contributed by atoms with E-state index in [2.05, 4.69) is 10.3 Å². The number of aromatic nitrogens is 1. The smallest absolute Gasteiger partial charge is 0.123 e. The van der Waals surface area contributed by atoms with Gasteiger partial charge in [-0.1, -0.05) is 23.7 Å². The molecule has 0 fully saturated rings. The van der Waals surface area contributed by atoms with Crippen molar-refractivity contribution in [1.29, 1.82) is 0 Å². The van der Waals surface area contributed by atoms with Gasteiger partial charge in [0.15, 0.2) is 0 Å². The number of halogens is 1. The highest BCUT2D eigenvalue weighted by molar-refractivity contribution is 6.30.